The van der Waals surface area contributed by atoms with Gasteiger partial charge in [0.2, 0.25) is 0 Å². The normalized spacial score (nSPS) is 20.6. The van der Waals surface area contributed by atoms with Gasteiger partial charge < -0.3 is 15.2 Å². The van der Waals surface area contributed by atoms with E-state index >= 15 is 0 Å². The number of halogens is 2. The Bertz CT molecular complexity index is 675. The lowest BCUT2D eigenvalue weighted by atomic mass is 9.93. The summed E-state index contributed by atoms with van der Waals surface area (Å²) in [6.45, 7) is 0. The van der Waals surface area contributed by atoms with E-state index in [-0.39, 0.29) is 12.1 Å². The van der Waals surface area contributed by atoms with Crippen LogP contribution in [0.2, 0.25) is 10.0 Å². The second kappa shape index (κ2) is 5.76. The highest BCUT2D eigenvalue weighted by Gasteiger charge is 2.29. The van der Waals surface area contributed by atoms with Gasteiger partial charge in [0.15, 0.2) is 0 Å². The second-order valence-corrected chi connectivity index (χ2v) is 5.78. The van der Waals surface area contributed by atoms with E-state index in [1.165, 1.54) is 0 Å². The smallest absolute Gasteiger partial charge is 0.127 e. The molecule has 0 bridgehead atoms. The van der Waals surface area contributed by atoms with E-state index < -0.39 is 0 Å². The first kappa shape index (κ1) is 14.5. The number of ether oxygens (including phenoxy) is 2. The maximum absolute atomic E-state index is 6.28. The number of hydrogen-bond donors (Lipinski definition) is 1. The van der Waals surface area contributed by atoms with Crippen LogP contribution < -0.4 is 15.2 Å². The largest absolute Gasteiger partial charge is 0.497 e. The van der Waals surface area contributed by atoms with E-state index in [2.05, 4.69) is 0 Å². The van der Waals surface area contributed by atoms with Gasteiger partial charge in [-0.15, -0.1) is 0 Å². The zero-order valence-corrected chi connectivity index (χ0v) is 13.0. The first-order valence-corrected chi connectivity index (χ1v) is 7.40. The highest BCUT2D eigenvalue weighted by Crippen LogP contribution is 2.43. The van der Waals surface area contributed by atoms with Crippen LogP contribution in [-0.2, 0) is 0 Å². The molecule has 0 saturated carbocycles. The quantitative estimate of drug-likeness (QED) is 0.883. The van der Waals surface area contributed by atoms with Gasteiger partial charge in [0.25, 0.3) is 0 Å². The Kier molecular flexibility index (Phi) is 3.98. The van der Waals surface area contributed by atoms with Crippen molar-refractivity contribution >= 4 is 23.2 Å². The predicted molar refractivity (Wildman–Crippen MR) is 84.4 cm³/mol. The van der Waals surface area contributed by atoms with Gasteiger partial charge in [0.05, 0.1) is 17.2 Å². The van der Waals surface area contributed by atoms with Crippen LogP contribution in [0.4, 0.5) is 0 Å². The van der Waals surface area contributed by atoms with Crippen molar-refractivity contribution < 1.29 is 9.47 Å². The van der Waals surface area contributed by atoms with Crippen LogP contribution in [-0.4, -0.2) is 7.11 Å². The molecule has 0 amide bonds. The number of nitrogens with two attached hydrogens (primary N) is 1. The summed E-state index contributed by atoms with van der Waals surface area (Å²) in [5.41, 5.74) is 8.08. The van der Waals surface area contributed by atoms with Crippen molar-refractivity contribution in [3.63, 3.8) is 0 Å². The molecule has 0 aliphatic carbocycles. The number of fused-ring (bicyclic) bond motifs is 1. The van der Waals surface area contributed by atoms with Gasteiger partial charge in [-0.2, -0.15) is 0 Å². The third kappa shape index (κ3) is 2.69. The molecule has 0 radical (unpaired) electrons. The summed E-state index contributed by atoms with van der Waals surface area (Å²) in [4.78, 5) is 0. The van der Waals surface area contributed by atoms with Gasteiger partial charge in [-0.3, -0.25) is 0 Å². The summed E-state index contributed by atoms with van der Waals surface area (Å²) < 4.78 is 11.3. The van der Waals surface area contributed by atoms with Gasteiger partial charge in [0, 0.05) is 23.6 Å². The fourth-order valence-electron chi connectivity index (χ4n) is 2.57. The number of methoxy groups -OCH3 is 1. The minimum Gasteiger partial charge on any atom is -0.497 e. The van der Waals surface area contributed by atoms with Crippen molar-refractivity contribution in [2.45, 2.75) is 18.6 Å². The zero-order valence-electron chi connectivity index (χ0n) is 11.5. The zero-order chi connectivity index (χ0) is 15.0. The fraction of sp³-hybridized carbons (Fsp3) is 0.250. The predicted octanol–water partition coefficient (Wildman–Crippen LogP) is 4.53. The summed E-state index contributed by atoms with van der Waals surface area (Å²) >= 11 is 12.4. The Hall–Kier alpha value is -1.42. The van der Waals surface area contributed by atoms with Crippen LogP contribution >= 0.6 is 23.2 Å². The van der Waals surface area contributed by atoms with Gasteiger partial charge in [-0.1, -0.05) is 35.3 Å². The second-order valence-electron chi connectivity index (χ2n) is 5.00. The van der Waals surface area contributed by atoms with Gasteiger partial charge in [0.1, 0.15) is 17.6 Å². The molecule has 0 aromatic heterocycles. The van der Waals surface area contributed by atoms with Crippen LogP contribution in [0.25, 0.3) is 0 Å². The molecular weight excluding hydrogens is 309 g/mol. The summed E-state index contributed by atoms with van der Waals surface area (Å²) in [6, 6.07) is 11.0. The molecule has 2 N–H and O–H groups in total. The molecule has 2 aromatic rings. The number of hydrogen-bond acceptors (Lipinski definition) is 3. The summed E-state index contributed by atoms with van der Waals surface area (Å²) in [5, 5.41) is 1.04. The van der Waals surface area contributed by atoms with Crippen LogP contribution in [0.5, 0.6) is 11.5 Å². The van der Waals surface area contributed by atoms with Crippen LogP contribution in [0, 0.1) is 0 Å². The minimum absolute atomic E-state index is 0.135. The van der Waals surface area contributed by atoms with Gasteiger partial charge in [-0.05, 0) is 24.3 Å². The standard InChI is InChI=1S/C16H15Cl2NO2/c1-20-9-5-6-14-11(7-9)13(19)8-15(21-14)10-3-2-4-12(17)16(10)18/h2-7,13,15H,8,19H2,1H3. The number of rotatable bonds is 2. The highest BCUT2D eigenvalue weighted by molar-refractivity contribution is 6.42. The Morgan fingerprint density at radius 2 is 2.00 bits per heavy atom. The van der Waals surface area contributed by atoms with E-state index in [0.717, 1.165) is 22.6 Å². The van der Waals surface area contributed by atoms with E-state index in [9.17, 15) is 0 Å². The molecule has 1 aliphatic heterocycles. The molecule has 3 rings (SSSR count). The Morgan fingerprint density at radius 3 is 2.76 bits per heavy atom. The van der Waals surface area contributed by atoms with E-state index in [0.29, 0.717) is 16.5 Å². The lowest BCUT2D eigenvalue weighted by Gasteiger charge is -2.31. The lowest BCUT2D eigenvalue weighted by molar-refractivity contribution is 0.161. The molecule has 1 aliphatic rings. The summed E-state index contributed by atoms with van der Waals surface area (Å²) in [6.07, 6.45) is 0.437. The average Bonchev–Trinajstić information content (AvgIpc) is 2.49. The van der Waals surface area contributed by atoms with Crippen LogP contribution in [0.3, 0.4) is 0 Å². The SMILES string of the molecule is COc1ccc2c(c1)C(N)CC(c1cccc(Cl)c1Cl)O2. The first-order chi connectivity index (χ1) is 10.1. The lowest BCUT2D eigenvalue weighted by Crippen LogP contribution is -2.24. The molecule has 1 heterocycles. The first-order valence-electron chi connectivity index (χ1n) is 6.64. The maximum Gasteiger partial charge on any atom is 0.127 e. The molecule has 0 spiro atoms. The van der Waals surface area contributed by atoms with Crippen LogP contribution in [0.15, 0.2) is 36.4 Å². The van der Waals surface area contributed by atoms with E-state index in [1.54, 1.807) is 13.2 Å². The van der Waals surface area contributed by atoms with Crippen molar-refractivity contribution in [2.75, 3.05) is 7.11 Å². The molecular formula is C16H15Cl2NO2. The van der Waals surface area contributed by atoms with Crippen LogP contribution in [0.1, 0.15) is 29.7 Å². The van der Waals surface area contributed by atoms with E-state index in [1.807, 2.05) is 30.3 Å². The molecule has 21 heavy (non-hydrogen) atoms. The van der Waals surface area contributed by atoms with Gasteiger partial charge in [-0.25, -0.2) is 0 Å². The maximum atomic E-state index is 6.28. The fourth-order valence-corrected chi connectivity index (χ4v) is 3.00. The minimum atomic E-state index is -0.202. The monoisotopic (exact) mass is 323 g/mol. The third-order valence-electron chi connectivity index (χ3n) is 3.68. The van der Waals surface area contributed by atoms with Crippen molar-refractivity contribution in [3.8, 4) is 11.5 Å². The molecule has 5 heteroatoms. The Balaban J connectivity index is 1.97. The van der Waals surface area contributed by atoms with Crippen molar-refractivity contribution in [2.24, 2.45) is 5.73 Å². The van der Waals surface area contributed by atoms with Crippen molar-refractivity contribution in [3.05, 3.63) is 57.6 Å². The van der Waals surface area contributed by atoms with Crippen molar-refractivity contribution in [1.82, 2.24) is 0 Å². The van der Waals surface area contributed by atoms with E-state index in [4.69, 9.17) is 38.4 Å². The highest BCUT2D eigenvalue weighted by atomic mass is 35.5. The Labute approximate surface area is 133 Å². The average molecular weight is 324 g/mol. The Morgan fingerprint density at radius 1 is 1.19 bits per heavy atom. The molecule has 3 nitrogen and oxygen atoms in total. The topological polar surface area (TPSA) is 44.5 Å². The molecule has 2 aromatic carbocycles. The molecule has 2 atom stereocenters. The third-order valence-corrected chi connectivity index (χ3v) is 4.52. The number of benzene rings is 2. The molecule has 110 valence electrons. The van der Waals surface area contributed by atoms with Gasteiger partial charge >= 0.3 is 0 Å². The summed E-state index contributed by atoms with van der Waals surface area (Å²) in [5.74, 6) is 1.53. The van der Waals surface area contributed by atoms with Crippen molar-refractivity contribution in [1.29, 1.82) is 0 Å². The molecule has 0 fully saturated rings. The molecule has 2 unspecified atom stereocenters. The summed E-state index contributed by atoms with van der Waals surface area (Å²) in [7, 11) is 1.63. The molecule has 0 saturated heterocycles.